The van der Waals surface area contributed by atoms with E-state index in [0.29, 0.717) is 16.6 Å². The average Bonchev–Trinajstić information content (AvgIpc) is 3.15. The number of amides is 1. The summed E-state index contributed by atoms with van der Waals surface area (Å²) >= 11 is 5.20. The lowest BCUT2D eigenvalue weighted by molar-refractivity contribution is 0.0943. The second-order valence-electron chi connectivity index (χ2n) is 6.40. The molecule has 0 fully saturated rings. The lowest BCUT2D eigenvalue weighted by Gasteiger charge is -2.15. The quantitative estimate of drug-likeness (QED) is 0.377. The Bertz CT molecular complexity index is 701. The average molecular weight is 374 g/mol. The van der Waals surface area contributed by atoms with E-state index in [1.807, 2.05) is 30.3 Å². The van der Waals surface area contributed by atoms with E-state index < -0.39 is 0 Å². The summed E-state index contributed by atoms with van der Waals surface area (Å²) in [5.74, 6) is 0.258. The highest BCUT2D eigenvalue weighted by atomic mass is 32.1. The van der Waals surface area contributed by atoms with Crippen molar-refractivity contribution in [3.8, 4) is 5.69 Å². The summed E-state index contributed by atoms with van der Waals surface area (Å²) in [6, 6.07) is 9.63. The fraction of sp³-hybridized carbons (Fsp3) is 0.421. The van der Waals surface area contributed by atoms with Crippen LogP contribution in [0.4, 0.5) is 0 Å². The van der Waals surface area contributed by atoms with Crippen molar-refractivity contribution in [3.05, 3.63) is 48.3 Å². The van der Waals surface area contributed by atoms with Gasteiger partial charge >= 0.3 is 0 Å². The van der Waals surface area contributed by atoms with Crippen molar-refractivity contribution in [2.24, 2.45) is 5.92 Å². The Kier molecular flexibility index (Phi) is 8.08. The van der Waals surface area contributed by atoms with Gasteiger partial charge < -0.3 is 5.32 Å². The molecule has 0 bridgehead atoms. The van der Waals surface area contributed by atoms with Gasteiger partial charge in [0.2, 0.25) is 0 Å². The molecule has 2 rings (SSSR count). The number of nitrogens with one attached hydrogen (secondary N) is 3. The van der Waals surface area contributed by atoms with Gasteiger partial charge in [0.05, 0.1) is 17.4 Å². The third-order valence-corrected chi connectivity index (χ3v) is 4.31. The molecular weight excluding hydrogens is 346 g/mol. The van der Waals surface area contributed by atoms with Crippen molar-refractivity contribution >= 4 is 23.2 Å². The van der Waals surface area contributed by atoms with E-state index in [-0.39, 0.29) is 5.91 Å². The third kappa shape index (κ3) is 6.48. The molecule has 0 aliphatic heterocycles. The molecule has 0 radical (unpaired) electrons. The van der Waals surface area contributed by atoms with Gasteiger partial charge in [-0.05, 0) is 36.7 Å². The molecule has 0 aliphatic carbocycles. The van der Waals surface area contributed by atoms with Gasteiger partial charge in [0.25, 0.3) is 5.91 Å². The predicted molar refractivity (Wildman–Crippen MR) is 108 cm³/mol. The van der Waals surface area contributed by atoms with Crippen LogP contribution in [-0.2, 0) is 0 Å². The van der Waals surface area contributed by atoms with Gasteiger partial charge in [-0.25, -0.2) is 4.68 Å². The molecule has 140 valence electrons. The summed E-state index contributed by atoms with van der Waals surface area (Å²) in [6.45, 7) is 5.19. The van der Waals surface area contributed by atoms with Crippen LogP contribution in [0.15, 0.2) is 42.7 Å². The van der Waals surface area contributed by atoms with Crippen LogP contribution in [0.2, 0.25) is 0 Å². The number of hydrogen-bond acceptors (Lipinski definition) is 3. The topological polar surface area (TPSA) is 71.0 Å². The molecule has 0 unspecified atom stereocenters. The SMILES string of the molecule is CCCCC[C@H](C)CNC(=S)NNC(=O)c1cnn(-c2ccccc2)c1. The zero-order valence-electron chi connectivity index (χ0n) is 15.4. The van der Waals surface area contributed by atoms with Gasteiger partial charge in [-0.3, -0.25) is 15.6 Å². The number of carbonyl (C=O) groups is 1. The van der Waals surface area contributed by atoms with E-state index in [2.05, 4.69) is 35.1 Å². The summed E-state index contributed by atoms with van der Waals surface area (Å²) in [5, 5.41) is 7.75. The fourth-order valence-corrected chi connectivity index (χ4v) is 2.64. The summed E-state index contributed by atoms with van der Waals surface area (Å²) in [7, 11) is 0. The minimum Gasteiger partial charge on any atom is -0.361 e. The van der Waals surface area contributed by atoms with Gasteiger partial charge in [-0.15, -0.1) is 0 Å². The van der Waals surface area contributed by atoms with Crippen molar-refractivity contribution in [1.82, 2.24) is 25.9 Å². The van der Waals surface area contributed by atoms with E-state index in [1.165, 1.54) is 31.9 Å². The number of benzene rings is 1. The molecule has 0 spiro atoms. The molecular formula is C19H27N5OS. The minimum absolute atomic E-state index is 0.285. The van der Waals surface area contributed by atoms with Crippen molar-refractivity contribution in [1.29, 1.82) is 0 Å². The number of hydrazine groups is 1. The Hall–Kier alpha value is -2.41. The lowest BCUT2D eigenvalue weighted by atomic mass is 10.0. The molecule has 1 heterocycles. The number of para-hydroxylation sites is 1. The van der Waals surface area contributed by atoms with Gasteiger partial charge in [-0.2, -0.15) is 5.10 Å². The van der Waals surface area contributed by atoms with E-state index in [9.17, 15) is 4.79 Å². The first kappa shape index (κ1) is 19.9. The fourth-order valence-electron chi connectivity index (χ4n) is 2.50. The standard InChI is InChI=1S/C19H27N5OS/c1-3-4-6-9-15(2)12-20-19(26)23-22-18(25)16-13-21-24(14-16)17-10-7-5-8-11-17/h5,7-8,10-11,13-15H,3-4,6,9,12H2,1-2H3,(H,22,25)(H2,20,23,26)/t15-/m0/s1. The Morgan fingerprint density at radius 3 is 2.73 bits per heavy atom. The molecule has 7 heteroatoms. The monoisotopic (exact) mass is 373 g/mol. The van der Waals surface area contributed by atoms with Crippen LogP contribution in [-0.4, -0.2) is 27.3 Å². The smallest absolute Gasteiger partial charge is 0.272 e. The van der Waals surface area contributed by atoms with E-state index >= 15 is 0 Å². The predicted octanol–water partition coefficient (Wildman–Crippen LogP) is 3.20. The Morgan fingerprint density at radius 1 is 1.23 bits per heavy atom. The highest BCUT2D eigenvalue weighted by Crippen LogP contribution is 2.08. The van der Waals surface area contributed by atoms with E-state index in [0.717, 1.165) is 12.2 Å². The van der Waals surface area contributed by atoms with Crippen molar-refractivity contribution < 1.29 is 4.79 Å². The number of unbranched alkanes of at least 4 members (excludes halogenated alkanes) is 2. The second kappa shape index (κ2) is 10.6. The van der Waals surface area contributed by atoms with Gasteiger partial charge in [0.1, 0.15) is 0 Å². The zero-order valence-corrected chi connectivity index (χ0v) is 16.2. The van der Waals surface area contributed by atoms with Crippen LogP contribution in [0.1, 0.15) is 49.9 Å². The molecule has 1 aromatic carbocycles. The van der Waals surface area contributed by atoms with E-state index in [4.69, 9.17) is 12.2 Å². The largest absolute Gasteiger partial charge is 0.361 e. The number of thiocarbonyl (C=S) groups is 1. The molecule has 3 N–H and O–H groups in total. The first-order valence-electron chi connectivity index (χ1n) is 9.04. The molecule has 0 saturated heterocycles. The maximum Gasteiger partial charge on any atom is 0.272 e. The molecule has 0 saturated carbocycles. The normalized spacial score (nSPS) is 11.6. The lowest BCUT2D eigenvalue weighted by Crippen LogP contribution is -2.47. The van der Waals surface area contributed by atoms with Crippen molar-refractivity contribution in [3.63, 3.8) is 0 Å². The van der Waals surface area contributed by atoms with Crippen molar-refractivity contribution in [2.45, 2.75) is 39.5 Å². The molecule has 6 nitrogen and oxygen atoms in total. The van der Waals surface area contributed by atoms with Crippen molar-refractivity contribution in [2.75, 3.05) is 6.54 Å². The van der Waals surface area contributed by atoms with Crippen LogP contribution in [0, 0.1) is 5.92 Å². The Balaban J connectivity index is 1.73. The molecule has 1 amide bonds. The van der Waals surface area contributed by atoms with Gasteiger partial charge in [-0.1, -0.05) is 51.3 Å². The van der Waals surface area contributed by atoms with Gasteiger partial charge in [0, 0.05) is 12.7 Å². The number of carbonyl (C=O) groups excluding carboxylic acids is 1. The zero-order chi connectivity index (χ0) is 18.8. The highest BCUT2D eigenvalue weighted by Gasteiger charge is 2.10. The van der Waals surface area contributed by atoms with Crippen LogP contribution in [0.25, 0.3) is 5.69 Å². The maximum atomic E-state index is 12.2. The Labute approximate surface area is 160 Å². The van der Waals surface area contributed by atoms with Crippen LogP contribution < -0.4 is 16.2 Å². The van der Waals surface area contributed by atoms with Gasteiger partial charge in [0.15, 0.2) is 5.11 Å². The molecule has 1 atom stereocenters. The summed E-state index contributed by atoms with van der Waals surface area (Å²) < 4.78 is 1.66. The van der Waals surface area contributed by atoms with Crippen LogP contribution >= 0.6 is 12.2 Å². The van der Waals surface area contributed by atoms with Crippen LogP contribution in [0.3, 0.4) is 0 Å². The number of aromatic nitrogens is 2. The number of hydrogen-bond donors (Lipinski definition) is 3. The molecule has 26 heavy (non-hydrogen) atoms. The molecule has 0 aliphatic rings. The minimum atomic E-state index is -0.285. The summed E-state index contributed by atoms with van der Waals surface area (Å²) in [5.41, 5.74) is 6.68. The number of nitrogens with zero attached hydrogens (tertiary/aromatic N) is 2. The molecule has 1 aromatic heterocycles. The highest BCUT2D eigenvalue weighted by molar-refractivity contribution is 7.80. The Morgan fingerprint density at radius 2 is 2.00 bits per heavy atom. The summed E-state index contributed by atoms with van der Waals surface area (Å²) in [4.78, 5) is 12.2. The second-order valence-corrected chi connectivity index (χ2v) is 6.81. The molecule has 2 aromatic rings. The first-order chi connectivity index (χ1) is 12.6. The maximum absolute atomic E-state index is 12.2. The van der Waals surface area contributed by atoms with Crippen LogP contribution in [0.5, 0.6) is 0 Å². The summed E-state index contributed by atoms with van der Waals surface area (Å²) in [6.07, 6.45) is 8.11. The number of rotatable bonds is 8. The third-order valence-electron chi connectivity index (χ3n) is 4.07. The first-order valence-corrected chi connectivity index (χ1v) is 9.45. The van der Waals surface area contributed by atoms with E-state index in [1.54, 1.807) is 10.9 Å².